The number of hydrogen-bond donors (Lipinski definition) is 1. The second-order valence-corrected chi connectivity index (χ2v) is 5.87. The first kappa shape index (κ1) is 17.0. The molecule has 0 heterocycles. The third-order valence-electron chi connectivity index (χ3n) is 4.09. The second-order valence-electron chi connectivity index (χ2n) is 5.87. The van der Waals surface area contributed by atoms with Crippen molar-refractivity contribution in [3.63, 3.8) is 0 Å². The molecule has 0 saturated heterocycles. The first-order chi connectivity index (χ1) is 8.10. The lowest BCUT2D eigenvalue weighted by Gasteiger charge is -2.35. The normalized spacial score (nSPS) is 13.9. The van der Waals surface area contributed by atoms with E-state index in [0.717, 1.165) is 6.42 Å². The largest absolute Gasteiger partial charge is 0.393 e. The van der Waals surface area contributed by atoms with Crippen molar-refractivity contribution in [2.45, 2.75) is 98.0 Å². The van der Waals surface area contributed by atoms with Gasteiger partial charge in [-0.3, -0.25) is 0 Å². The summed E-state index contributed by atoms with van der Waals surface area (Å²) in [5, 5.41) is 10.4. The van der Waals surface area contributed by atoms with Gasteiger partial charge in [-0.15, -0.1) is 0 Å². The molecule has 0 aliphatic rings. The molecule has 0 fully saturated rings. The molecule has 17 heavy (non-hydrogen) atoms. The van der Waals surface area contributed by atoms with Crippen LogP contribution in [0.3, 0.4) is 0 Å². The van der Waals surface area contributed by atoms with Crippen LogP contribution in [0.1, 0.15) is 91.9 Å². The summed E-state index contributed by atoms with van der Waals surface area (Å²) in [6.07, 6.45) is 12.0. The molecule has 0 aliphatic carbocycles. The average molecular weight is 242 g/mol. The molecule has 0 amide bonds. The van der Waals surface area contributed by atoms with Gasteiger partial charge >= 0.3 is 0 Å². The number of aliphatic hydroxyl groups excluding tert-OH is 1. The van der Waals surface area contributed by atoms with Gasteiger partial charge in [0.25, 0.3) is 0 Å². The average Bonchev–Trinajstić information content (AvgIpc) is 2.34. The van der Waals surface area contributed by atoms with Gasteiger partial charge in [0, 0.05) is 0 Å². The molecule has 0 aliphatic heterocycles. The molecule has 1 nitrogen and oxygen atoms in total. The smallest absolute Gasteiger partial charge is 0.0593 e. The highest BCUT2D eigenvalue weighted by Crippen LogP contribution is 2.36. The predicted molar refractivity (Wildman–Crippen MR) is 77.3 cm³/mol. The summed E-state index contributed by atoms with van der Waals surface area (Å²) in [6.45, 7) is 9.00. The Morgan fingerprint density at radius 2 is 1.29 bits per heavy atom. The van der Waals surface area contributed by atoms with Crippen LogP contribution in [0, 0.1) is 5.41 Å². The van der Waals surface area contributed by atoms with Crippen molar-refractivity contribution in [1.29, 1.82) is 0 Å². The molecule has 0 bridgehead atoms. The molecule has 0 rings (SSSR count). The van der Waals surface area contributed by atoms with Crippen LogP contribution in [0.15, 0.2) is 0 Å². The van der Waals surface area contributed by atoms with Crippen LogP contribution in [-0.2, 0) is 0 Å². The first-order valence-corrected chi connectivity index (χ1v) is 7.78. The zero-order chi connectivity index (χ0) is 13.1. The van der Waals surface area contributed by atoms with Crippen molar-refractivity contribution in [3.05, 3.63) is 0 Å². The van der Waals surface area contributed by atoms with Crippen molar-refractivity contribution in [1.82, 2.24) is 0 Å². The van der Waals surface area contributed by atoms with Gasteiger partial charge in [-0.05, 0) is 24.7 Å². The van der Waals surface area contributed by atoms with Crippen molar-refractivity contribution < 1.29 is 5.11 Å². The lowest BCUT2D eigenvalue weighted by atomic mass is 9.74. The van der Waals surface area contributed by atoms with E-state index in [0.29, 0.717) is 0 Å². The first-order valence-electron chi connectivity index (χ1n) is 7.78. The van der Waals surface area contributed by atoms with E-state index in [1.165, 1.54) is 57.8 Å². The zero-order valence-corrected chi connectivity index (χ0v) is 12.6. The third-order valence-corrected chi connectivity index (χ3v) is 4.09. The molecule has 0 radical (unpaired) electrons. The molecular weight excluding hydrogens is 208 g/mol. The van der Waals surface area contributed by atoms with E-state index in [1.807, 2.05) is 0 Å². The highest BCUT2D eigenvalue weighted by Gasteiger charge is 2.31. The SMILES string of the molecule is CCCCCC(O)C(C)(CCCC)CCCC. The van der Waals surface area contributed by atoms with Crippen molar-refractivity contribution in [3.8, 4) is 0 Å². The Labute approximate surface area is 109 Å². The number of rotatable bonds is 11. The summed E-state index contributed by atoms with van der Waals surface area (Å²) in [4.78, 5) is 0. The van der Waals surface area contributed by atoms with Gasteiger partial charge < -0.3 is 5.11 Å². The van der Waals surface area contributed by atoms with E-state index in [1.54, 1.807) is 0 Å². The maximum Gasteiger partial charge on any atom is 0.0593 e. The van der Waals surface area contributed by atoms with Crippen LogP contribution in [-0.4, -0.2) is 11.2 Å². The minimum absolute atomic E-state index is 0.0906. The molecule has 0 aromatic rings. The topological polar surface area (TPSA) is 20.2 Å². The summed E-state index contributed by atoms with van der Waals surface area (Å²) < 4.78 is 0. The van der Waals surface area contributed by atoms with Crippen LogP contribution in [0.5, 0.6) is 0 Å². The van der Waals surface area contributed by atoms with E-state index in [-0.39, 0.29) is 11.5 Å². The summed E-state index contributed by atoms with van der Waals surface area (Å²) in [7, 11) is 0. The second kappa shape index (κ2) is 9.94. The van der Waals surface area contributed by atoms with Gasteiger partial charge in [0.15, 0.2) is 0 Å². The predicted octanol–water partition coefficient (Wildman–Crippen LogP) is 5.31. The third kappa shape index (κ3) is 7.08. The van der Waals surface area contributed by atoms with Crippen LogP contribution < -0.4 is 0 Å². The standard InChI is InChI=1S/C16H34O/c1-5-8-11-12-15(17)16(4,13-9-6-2)14-10-7-3/h15,17H,5-14H2,1-4H3. The zero-order valence-electron chi connectivity index (χ0n) is 12.6. The van der Waals surface area contributed by atoms with Crippen molar-refractivity contribution in [2.75, 3.05) is 0 Å². The Morgan fingerprint density at radius 1 is 0.824 bits per heavy atom. The molecule has 1 N–H and O–H groups in total. The molecule has 0 spiro atoms. The number of aliphatic hydroxyl groups is 1. The van der Waals surface area contributed by atoms with Gasteiger partial charge in [-0.1, -0.05) is 72.6 Å². The van der Waals surface area contributed by atoms with E-state index < -0.39 is 0 Å². The fraction of sp³-hybridized carbons (Fsp3) is 1.00. The van der Waals surface area contributed by atoms with Gasteiger partial charge in [0.05, 0.1) is 6.10 Å². The van der Waals surface area contributed by atoms with Gasteiger partial charge in [0.1, 0.15) is 0 Å². The molecule has 1 unspecified atom stereocenters. The van der Waals surface area contributed by atoms with Crippen molar-refractivity contribution >= 4 is 0 Å². The lowest BCUT2D eigenvalue weighted by molar-refractivity contribution is 0.0132. The minimum Gasteiger partial charge on any atom is -0.393 e. The maximum absolute atomic E-state index is 10.4. The highest BCUT2D eigenvalue weighted by molar-refractivity contribution is 4.82. The Bertz CT molecular complexity index is 157. The Morgan fingerprint density at radius 3 is 1.71 bits per heavy atom. The summed E-state index contributed by atoms with van der Waals surface area (Å²) in [6, 6.07) is 0. The van der Waals surface area contributed by atoms with Crippen molar-refractivity contribution in [2.24, 2.45) is 5.41 Å². The van der Waals surface area contributed by atoms with Crippen LogP contribution in [0.25, 0.3) is 0 Å². The van der Waals surface area contributed by atoms with Crippen LogP contribution >= 0.6 is 0 Å². The van der Waals surface area contributed by atoms with Crippen LogP contribution in [0.2, 0.25) is 0 Å². The molecular formula is C16H34O. The lowest BCUT2D eigenvalue weighted by Crippen LogP contribution is -2.32. The van der Waals surface area contributed by atoms with E-state index >= 15 is 0 Å². The van der Waals surface area contributed by atoms with E-state index in [4.69, 9.17) is 0 Å². The minimum atomic E-state index is -0.0906. The Balaban J connectivity index is 4.21. The Kier molecular flexibility index (Phi) is 9.91. The summed E-state index contributed by atoms with van der Waals surface area (Å²) >= 11 is 0. The monoisotopic (exact) mass is 242 g/mol. The molecule has 0 aromatic heterocycles. The fourth-order valence-corrected chi connectivity index (χ4v) is 2.56. The van der Waals surface area contributed by atoms with Gasteiger partial charge in [0.2, 0.25) is 0 Å². The number of unbranched alkanes of at least 4 members (excludes halogenated alkanes) is 4. The highest BCUT2D eigenvalue weighted by atomic mass is 16.3. The van der Waals surface area contributed by atoms with Crippen LogP contribution in [0.4, 0.5) is 0 Å². The molecule has 0 saturated carbocycles. The molecule has 1 atom stereocenters. The quantitative estimate of drug-likeness (QED) is 0.486. The fourth-order valence-electron chi connectivity index (χ4n) is 2.56. The maximum atomic E-state index is 10.4. The Hall–Kier alpha value is -0.0400. The van der Waals surface area contributed by atoms with E-state index in [9.17, 15) is 5.11 Å². The summed E-state index contributed by atoms with van der Waals surface area (Å²) in [5.74, 6) is 0. The molecule has 1 heteroatoms. The molecule has 0 aromatic carbocycles. The number of hydrogen-bond acceptors (Lipinski definition) is 1. The van der Waals surface area contributed by atoms with E-state index in [2.05, 4.69) is 27.7 Å². The summed E-state index contributed by atoms with van der Waals surface area (Å²) in [5.41, 5.74) is 0.166. The van der Waals surface area contributed by atoms with Gasteiger partial charge in [-0.25, -0.2) is 0 Å². The van der Waals surface area contributed by atoms with Gasteiger partial charge in [-0.2, -0.15) is 0 Å². The molecule has 104 valence electrons.